The van der Waals surface area contributed by atoms with Crippen molar-refractivity contribution in [2.45, 2.75) is 20.0 Å². The van der Waals surface area contributed by atoms with Crippen LogP contribution >= 0.6 is 0 Å². The van der Waals surface area contributed by atoms with Crippen molar-refractivity contribution >= 4 is 11.4 Å². The molecule has 2 N–H and O–H groups in total. The van der Waals surface area contributed by atoms with E-state index in [1.54, 1.807) is 4.68 Å². The van der Waals surface area contributed by atoms with Crippen molar-refractivity contribution in [2.24, 2.45) is 0 Å². The fourth-order valence-electron chi connectivity index (χ4n) is 2.03. The maximum absolute atomic E-state index is 8.84. The monoisotopic (exact) mass is 275 g/mol. The first kappa shape index (κ1) is 14.3. The Bertz CT molecular complexity index is 564. The Kier molecular flexibility index (Phi) is 4.57. The average Bonchev–Trinajstić information content (AvgIpc) is 2.86. The van der Waals surface area contributed by atoms with Crippen molar-refractivity contribution in [2.75, 3.05) is 30.9 Å². The molecule has 1 aromatic carbocycles. The van der Waals surface area contributed by atoms with Crippen LogP contribution in [0.1, 0.15) is 11.3 Å². The molecule has 6 nitrogen and oxygen atoms in total. The van der Waals surface area contributed by atoms with E-state index >= 15 is 0 Å². The molecule has 1 aromatic heterocycles. The summed E-state index contributed by atoms with van der Waals surface area (Å²) in [7, 11) is 4.07. The van der Waals surface area contributed by atoms with Gasteiger partial charge in [0.2, 0.25) is 0 Å². The summed E-state index contributed by atoms with van der Waals surface area (Å²) in [6.07, 6.45) is 1.84. The first-order chi connectivity index (χ1) is 9.60. The van der Waals surface area contributed by atoms with Crippen molar-refractivity contribution in [1.29, 1.82) is 0 Å². The van der Waals surface area contributed by atoms with E-state index in [4.69, 9.17) is 5.11 Å². The van der Waals surface area contributed by atoms with Gasteiger partial charge in [-0.3, -0.25) is 0 Å². The van der Waals surface area contributed by atoms with Gasteiger partial charge in [-0.05, 0) is 24.6 Å². The average molecular weight is 275 g/mol. The van der Waals surface area contributed by atoms with Gasteiger partial charge in [0.15, 0.2) is 0 Å². The van der Waals surface area contributed by atoms with Gasteiger partial charge < -0.3 is 15.3 Å². The van der Waals surface area contributed by atoms with Crippen molar-refractivity contribution in [3.63, 3.8) is 0 Å². The Morgan fingerprint density at radius 1 is 1.35 bits per heavy atom. The molecule has 20 heavy (non-hydrogen) atoms. The van der Waals surface area contributed by atoms with E-state index in [9.17, 15) is 0 Å². The van der Waals surface area contributed by atoms with Crippen LogP contribution in [0.25, 0.3) is 0 Å². The third-order valence-corrected chi connectivity index (χ3v) is 3.08. The molecule has 2 aromatic rings. The fraction of sp³-hybridized carbons (Fsp3) is 0.429. The molecule has 0 unspecified atom stereocenters. The molecule has 1 heterocycles. The van der Waals surface area contributed by atoms with E-state index in [0.717, 1.165) is 11.4 Å². The highest BCUT2D eigenvalue weighted by Gasteiger charge is 2.04. The summed E-state index contributed by atoms with van der Waals surface area (Å²) in [6, 6.07) is 6.27. The molecule has 0 fully saturated rings. The van der Waals surface area contributed by atoms with E-state index in [1.807, 2.05) is 20.3 Å². The van der Waals surface area contributed by atoms with Crippen LogP contribution in [-0.2, 0) is 13.1 Å². The number of hydrogen-bond acceptors (Lipinski definition) is 5. The summed E-state index contributed by atoms with van der Waals surface area (Å²) >= 11 is 0. The molecule has 0 spiro atoms. The lowest BCUT2D eigenvalue weighted by Gasteiger charge is -2.17. The quantitative estimate of drug-likeness (QED) is 0.831. The van der Waals surface area contributed by atoms with E-state index in [2.05, 4.69) is 45.7 Å². The summed E-state index contributed by atoms with van der Waals surface area (Å²) in [5, 5.41) is 20.2. The third-order valence-electron chi connectivity index (χ3n) is 3.08. The van der Waals surface area contributed by atoms with Crippen molar-refractivity contribution < 1.29 is 5.11 Å². The van der Waals surface area contributed by atoms with Gasteiger partial charge in [0.25, 0.3) is 0 Å². The van der Waals surface area contributed by atoms with E-state index in [0.29, 0.717) is 13.1 Å². The Balaban J connectivity index is 2.01. The van der Waals surface area contributed by atoms with Gasteiger partial charge >= 0.3 is 0 Å². The number of aromatic nitrogens is 3. The van der Waals surface area contributed by atoms with Gasteiger partial charge in [0.1, 0.15) is 5.69 Å². The Morgan fingerprint density at radius 2 is 2.15 bits per heavy atom. The highest BCUT2D eigenvalue weighted by molar-refractivity contribution is 5.61. The van der Waals surface area contributed by atoms with Gasteiger partial charge in [-0.25, -0.2) is 4.68 Å². The molecule has 6 heteroatoms. The summed E-state index contributed by atoms with van der Waals surface area (Å²) in [5.74, 6) is 0. The largest absolute Gasteiger partial charge is 0.394 e. The predicted molar refractivity (Wildman–Crippen MR) is 79.9 cm³/mol. The lowest BCUT2D eigenvalue weighted by atomic mass is 10.1. The van der Waals surface area contributed by atoms with Gasteiger partial charge in [0, 0.05) is 25.5 Å². The standard InChI is InChI=1S/C14H21N5O/c1-11-4-5-12(8-14(11)18(2)3)15-9-13-10-19(6-7-20)17-16-13/h4-5,8,10,15,20H,6-7,9H2,1-3H3. The summed E-state index contributed by atoms with van der Waals surface area (Å²) in [4.78, 5) is 2.10. The molecule has 0 aliphatic carbocycles. The highest BCUT2D eigenvalue weighted by atomic mass is 16.3. The smallest absolute Gasteiger partial charge is 0.102 e. The highest BCUT2D eigenvalue weighted by Crippen LogP contribution is 2.22. The molecule has 0 aliphatic rings. The third kappa shape index (κ3) is 3.48. The molecule has 108 valence electrons. The first-order valence-corrected chi connectivity index (χ1v) is 6.62. The molecule has 0 radical (unpaired) electrons. The number of aryl methyl sites for hydroxylation is 1. The van der Waals surface area contributed by atoms with Crippen molar-refractivity contribution in [3.8, 4) is 0 Å². The zero-order chi connectivity index (χ0) is 14.5. The molecule has 0 aliphatic heterocycles. The molecule has 0 bridgehead atoms. The normalized spacial score (nSPS) is 10.6. The minimum atomic E-state index is 0.0698. The van der Waals surface area contributed by atoms with Crippen molar-refractivity contribution in [3.05, 3.63) is 35.7 Å². The van der Waals surface area contributed by atoms with Gasteiger partial charge in [-0.2, -0.15) is 0 Å². The number of nitrogens with zero attached hydrogens (tertiary/aromatic N) is 4. The predicted octanol–water partition coefficient (Wildman–Crippen LogP) is 1.26. The van der Waals surface area contributed by atoms with Gasteiger partial charge in [-0.15, -0.1) is 5.10 Å². The molecular formula is C14H21N5O. The molecular weight excluding hydrogens is 254 g/mol. The van der Waals surface area contributed by atoms with Crippen LogP contribution in [0.3, 0.4) is 0 Å². The van der Waals surface area contributed by atoms with Crippen LogP contribution in [-0.4, -0.2) is 40.8 Å². The minimum absolute atomic E-state index is 0.0698. The van der Waals surface area contributed by atoms with E-state index in [-0.39, 0.29) is 6.61 Å². The second kappa shape index (κ2) is 6.38. The van der Waals surface area contributed by atoms with Crippen LogP contribution in [0.2, 0.25) is 0 Å². The van der Waals surface area contributed by atoms with Gasteiger partial charge in [0.05, 0.1) is 25.9 Å². The lowest BCUT2D eigenvalue weighted by molar-refractivity contribution is 0.268. The SMILES string of the molecule is Cc1ccc(NCc2cn(CCO)nn2)cc1N(C)C. The summed E-state index contributed by atoms with van der Waals surface area (Å²) < 4.78 is 1.64. The second-order valence-electron chi connectivity index (χ2n) is 4.95. The van der Waals surface area contributed by atoms with Gasteiger partial charge in [-0.1, -0.05) is 11.3 Å². The molecule has 0 saturated carbocycles. The van der Waals surface area contributed by atoms with E-state index < -0.39 is 0 Å². The topological polar surface area (TPSA) is 66.2 Å². The zero-order valence-electron chi connectivity index (χ0n) is 12.2. The maximum Gasteiger partial charge on any atom is 0.102 e. The van der Waals surface area contributed by atoms with Crippen LogP contribution in [0.15, 0.2) is 24.4 Å². The molecule has 0 amide bonds. The number of benzene rings is 1. The van der Waals surface area contributed by atoms with Crippen LogP contribution in [0.5, 0.6) is 0 Å². The molecule has 0 atom stereocenters. The Hall–Kier alpha value is -2.08. The number of hydrogen-bond donors (Lipinski definition) is 2. The summed E-state index contributed by atoms with van der Waals surface area (Å²) in [5.41, 5.74) is 4.34. The molecule has 0 saturated heterocycles. The van der Waals surface area contributed by atoms with Crippen molar-refractivity contribution in [1.82, 2.24) is 15.0 Å². The summed E-state index contributed by atoms with van der Waals surface area (Å²) in [6.45, 7) is 3.25. The molecule has 2 rings (SSSR count). The lowest BCUT2D eigenvalue weighted by Crippen LogP contribution is -2.11. The number of nitrogens with one attached hydrogen (secondary N) is 1. The van der Waals surface area contributed by atoms with Crippen LogP contribution < -0.4 is 10.2 Å². The van der Waals surface area contributed by atoms with Crippen LogP contribution in [0, 0.1) is 6.92 Å². The number of anilines is 2. The second-order valence-corrected chi connectivity index (χ2v) is 4.95. The number of aliphatic hydroxyl groups excluding tert-OH is 1. The Labute approximate surface area is 119 Å². The number of rotatable bonds is 6. The van der Waals surface area contributed by atoms with E-state index in [1.165, 1.54) is 11.3 Å². The maximum atomic E-state index is 8.84. The number of aliphatic hydroxyl groups is 1. The Morgan fingerprint density at radius 3 is 2.85 bits per heavy atom. The first-order valence-electron chi connectivity index (χ1n) is 6.62. The zero-order valence-corrected chi connectivity index (χ0v) is 12.2. The minimum Gasteiger partial charge on any atom is -0.394 e. The fourth-order valence-corrected chi connectivity index (χ4v) is 2.03. The van der Waals surface area contributed by atoms with Crippen LogP contribution in [0.4, 0.5) is 11.4 Å².